The summed E-state index contributed by atoms with van der Waals surface area (Å²) in [5.41, 5.74) is 0.0137. The molecule has 0 aliphatic carbocycles. The largest absolute Gasteiger partial charge is 0.369 e. The van der Waals surface area contributed by atoms with Crippen LogP contribution in [0.1, 0.15) is 37.0 Å². The predicted molar refractivity (Wildman–Crippen MR) is 72.3 cm³/mol. The lowest BCUT2D eigenvalue weighted by Crippen LogP contribution is -2.25. The number of hydrogen-bond acceptors (Lipinski definition) is 5. The van der Waals surface area contributed by atoms with Crippen LogP contribution < -0.4 is 10.6 Å². The van der Waals surface area contributed by atoms with Crippen molar-refractivity contribution in [3.8, 4) is 0 Å². The molecule has 0 spiro atoms. The Labute approximate surface area is 111 Å². The zero-order valence-electron chi connectivity index (χ0n) is 11.1. The van der Waals surface area contributed by atoms with Crippen molar-refractivity contribution in [3.63, 3.8) is 0 Å². The maximum absolute atomic E-state index is 11.9. The third kappa shape index (κ3) is 4.20. The van der Waals surface area contributed by atoms with Gasteiger partial charge in [0.05, 0.1) is 10.5 Å². The Morgan fingerprint density at radius 2 is 2.05 bits per heavy atom. The molecule has 1 aromatic rings. The molecule has 0 radical (unpaired) electrons. The summed E-state index contributed by atoms with van der Waals surface area (Å²) in [5.74, 6) is 0.0257. The summed E-state index contributed by atoms with van der Waals surface area (Å²) in [6.07, 6.45) is 2.81. The van der Waals surface area contributed by atoms with Crippen LogP contribution in [0.2, 0.25) is 0 Å². The van der Waals surface area contributed by atoms with Crippen LogP contribution in [0.3, 0.4) is 0 Å². The summed E-state index contributed by atoms with van der Waals surface area (Å²) in [6.45, 7) is 5.09. The average Bonchev–Trinajstić information content (AvgIpc) is 2.42. The van der Waals surface area contributed by atoms with Crippen LogP contribution in [0.25, 0.3) is 0 Å². The van der Waals surface area contributed by atoms with Crippen molar-refractivity contribution in [2.24, 2.45) is 0 Å². The van der Waals surface area contributed by atoms with Crippen molar-refractivity contribution in [1.29, 1.82) is 0 Å². The first-order valence-corrected chi connectivity index (χ1v) is 6.26. The molecule has 0 fully saturated rings. The fraction of sp³-hybridized carbons (Fsp3) is 0.500. The highest BCUT2D eigenvalue weighted by Crippen LogP contribution is 2.19. The Balaban J connectivity index is 3.02. The number of nitrogens with one attached hydrogen (secondary N) is 2. The molecular weight excluding hydrogens is 248 g/mol. The van der Waals surface area contributed by atoms with E-state index in [-0.39, 0.29) is 17.2 Å². The Hall–Kier alpha value is -2.18. The van der Waals surface area contributed by atoms with Crippen LogP contribution in [-0.4, -0.2) is 28.9 Å². The van der Waals surface area contributed by atoms with Gasteiger partial charge < -0.3 is 10.6 Å². The number of carbonyl (C=O) groups is 1. The maximum Gasteiger partial charge on any atom is 0.288 e. The van der Waals surface area contributed by atoms with Gasteiger partial charge in [0.15, 0.2) is 0 Å². The van der Waals surface area contributed by atoms with E-state index in [1.165, 1.54) is 6.07 Å². The summed E-state index contributed by atoms with van der Waals surface area (Å²) < 4.78 is 0. The van der Waals surface area contributed by atoms with Gasteiger partial charge in [0.1, 0.15) is 12.0 Å². The molecule has 1 rings (SSSR count). The van der Waals surface area contributed by atoms with E-state index in [0.717, 1.165) is 19.0 Å². The second-order valence-corrected chi connectivity index (χ2v) is 4.03. The summed E-state index contributed by atoms with van der Waals surface area (Å²) in [6, 6.07) is 1.25. The highest BCUT2D eigenvalue weighted by Gasteiger charge is 2.17. The van der Waals surface area contributed by atoms with E-state index < -0.39 is 4.92 Å². The van der Waals surface area contributed by atoms with Gasteiger partial charge in [0.2, 0.25) is 0 Å². The smallest absolute Gasteiger partial charge is 0.288 e. The van der Waals surface area contributed by atoms with Crippen molar-refractivity contribution in [2.45, 2.75) is 26.7 Å². The number of aromatic nitrogens is 1. The van der Waals surface area contributed by atoms with E-state index >= 15 is 0 Å². The molecule has 2 N–H and O–H groups in total. The van der Waals surface area contributed by atoms with Gasteiger partial charge in [0, 0.05) is 19.2 Å². The van der Waals surface area contributed by atoms with Gasteiger partial charge in [0.25, 0.3) is 11.6 Å². The fourth-order valence-electron chi connectivity index (χ4n) is 1.44. The lowest BCUT2D eigenvalue weighted by molar-refractivity contribution is -0.385. The molecule has 7 heteroatoms. The lowest BCUT2D eigenvalue weighted by atomic mass is 10.2. The van der Waals surface area contributed by atoms with Gasteiger partial charge in [-0.05, 0) is 12.8 Å². The van der Waals surface area contributed by atoms with Crippen molar-refractivity contribution in [1.82, 2.24) is 10.3 Å². The van der Waals surface area contributed by atoms with Crippen LogP contribution in [0.15, 0.2) is 12.3 Å². The monoisotopic (exact) mass is 266 g/mol. The molecule has 1 aromatic heterocycles. The van der Waals surface area contributed by atoms with Crippen molar-refractivity contribution in [3.05, 3.63) is 27.9 Å². The van der Waals surface area contributed by atoms with Crippen LogP contribution in [-0.2, 0) is 0 Å². The average molecular weight is 266 g/mol. The Kier molecular flexibility index (Phi) is 5.72. The van der Waals surface area contributed by atoms with E-state index in [4.69, 9.17) is 0 Å². The summed E-state index contributed by atoms with van der Waals surface area (Å²) >= 11 is 0. The molecule has 1 amide bonds. The molecular formula is C12H18N4O3. The third-order valence-electron chi connectivity index (χ3n) is 2.41. The SMILES string of the molecule is CCCNC(=O)c1cc([N+](=O)[O-])cnc1NCCC. The van der Waals surface area contributed by atoms with Crippen LogP contribution in [0, 0.1) is 10.1 Å². The molecule has 104 valence electrons. The van der Waals surface area contributed by atoms with Gasteiger partial charge >= 0.3 is 0 Å². The predicted octanol–water partition coefficient (Wildman–Crippen LogP) is 1.95. The molecule has 0 aromatic carbocycles. The summed E-state index contributed by atoms with van der Waals surface area (Å²) in [5, 5.41) is 16.4. The van der Waals surface area contributed by atoms with E-state index in [1.807, 2.05) is 13.8 Å². The van der Waals surface area contributed by atoms with Crippen molar-refractivity contribution < 1.29 is 9.72 Å². The topological polar surface area (TPSA) is 97.2 Å². The maximum atomic E-state index is 11.9. The first-order chi connectivity index (χ1) is 9.10. The number of hydrogen-bond donors (Lipinski definition) is 2. The molecule has 0 unspecified atom stereocenters. The minimum atomic E-state index is -0.562. The second kappa shape index (κ2) is 7.30. The molecule has 0 bridgehead atoms. The minimum Gasteiger partial charge on any atom is -0.369 e. The van der Waals surface area contributed by atoms with Gasteiger partial charge in [-0.1, -0.05) is 13.8 Å². The van der Waals surface area contributed by atoms with Gasteiger partial charge in [-0.3, -0.25) is 14.9 Å². The number of nitro groups is 1. The van der Waals surface area contributed by atoms with Crippen LogP contribution in [0.4, 0.5) is 11.5 Å². The van der Waals surface area contributed by atoms with E-state index in [9.17, 15) is 14.9 Å². The number of rotatable bonds is 7. The van der Waals surface area contributed by atoms with Crippen LogP contribution in [0.5, 0.6) is 0 Å². The Morgan fingerprint density at radius 3 is 2.63 bits per heavy atom. The van der Waals surface area contributed by atoms with Gasteiger partial charge in [-0.15, -0.1) is 0 Å². The number of pyridine rings is 1. The normalized spacial score (nSPS) is 10.0. The quantitative estimate of drug-likeness (QED) is 0.580. The highest BCUT2D eigenvalue weighted by atomic mass is 16.6. The molecule has 0 saturated heterocycles. The van der Waals surface area contributed by atoms with Gasteiger partial charge in [-0.25, -0.2) is 4.98 Å². The third-order valence-corrected chi connectivity index (χ3v) is 2.41. The minimum absolute atomic E-state index is 0.191. The Bertz CT molecular complexity index is 462. The zero-order valence-corrected chi connectivity index (χ0v) is 11.1. The van der Waals surface area contributed by atoms with Gasteiger partial charge in [-0.2, -0.15) is 0 Å². The van der Waals surface area contributed by atoms with E-state index in [0.29, 0.717) is 18.9 Å². The lowest BCUT2D eigenvalue weighted by Gasteiger charge is -2.10. The molecule has 0 aliphatic heterocycles. The molecule has 0 saturated carbocycles. The fourth-order valence-corrected chi connectivity index (χ4v) is 1.44. The summed E-state index contributed by atoms with van der Waals surface area (Å²) in [7, 11) is 0. The second-order valence-electron chi connectivity index (χ2n) is 4.03. The number of carbonyl (C=O) groups excluding carboxylic acids is 1. The first kappa shape index (κ1) is 14.9. The molecule has 7 nitrogen and oxygen atoms in total. The van der Waals surface area contributed by atoms with Crippen LogP contribution >= 0.6 is 0 Å². The molecule has 19 heavy (non-hydrogen) atoms. The number of anilines is 1. The van der Waals surface area contributed by atoms with E-state index in [2.05, 4.69) is 15.6 Å². The molecule has 0 aliphatic rings. The molecule has 0 atom stereocenters. The first-order valence-electron chi connectivity index (χ1n) is 6.26. The van der Waals surface area contributed by atoms with Crippen molar-refractivity contribution in [2.75, 3.05) is 18.4 Å². The Morgan fingerprint density at radius 1 is 1.37 bits per heavy atom. The highest BCUT2D eigenvalue weighted by molar-refractivity contribution is 5.99. The zero-order chi connectivity index (χ0) is 14.3. The number of amides is 1. The number of nitrogens with zero attached hydrogens (tertiary/aromatic N) is 2. The standard InChI is InChI=1S/C12H18N4O3/c1-3-5-13-11-10(12(17)14-6-4-2)7-9(8-15-11)16(18)19/h7-8H,3-6H2,1-2H3,(H,13,15)(H,14,17). The summed E-state index contributed by atoms with van der Waals surface area (Å²) in [4.78, 5) is 26.1. The molecule has 1 heterocycles. The van der Waals surface area contributed by atoms with Crippen molar-refractivity contribution >= 4 is 17.4 Å². The van der Waals surface area contributed by atoms with E-state index in [1.54, 1.807) is 0 Å².